The maximum atomic E-state index is 5.98. The monoisotopic (exact) mass is 376 g/mol. The quantitative estimate of drug-likeness (QED) is 0.393. The molecule has 1 aliphatic rings. The number of hydrazone groups is 1. The van der Waals surface area contributed by atoms with Gasteiger partial charge in [-0.15, -0.1) is 0 Å². The van der Waals surface area contributed by atoms with Crippen molar-refractivity contribution < 1.29 is 9.31 Å². The molecule has 0 atom stereocenters. The topological polar surface area (TPSA) is 34.1 Å². The van der Waals surface area contributed by atoms with Crippen molar-refractivity contribution in [3.05, 3.63) is 83.8 Å². The van der Waals surface area contributed by atoms with Crippen LogP contribution in [0, 0.1) is 0 Å². The maximum absolute atomic E-state index is 5.98. The Morgan fingerprint density at radius 1 is 0.821 bits per heavy atom. The molecule has 0 unspecified atom stereocenters. The summed E-state index contributed by atoms with van der Waals surface area (Å²) >= 11 is 0. The summed E-state index contributed by atoms with van der Waals surface area (Å²) in [5.74, 6) is 1.91. The van der Waals surface area contributed by atoms with E-state index in [2.05, 4.69) is 86.3 Å². The summed E-state index contributed by atoms with van der Waals surface area (Å²) in [6, 6.07) is 20.7. The van der Waals surface area contributed by atoms with Gasteiger partial charge in [-0.2, -0.15) is 5.10 Å². The Morgan fingerprint density at radius 2 is 1.29 bits per heavy atom. The molecule has 0 saturated carbocycles. The maximum Gasteiger partial charge on any atom is 0.487 e. The van der Waals surface area contributed by atoms with Gasteiger partial charge in [0.1, 0.15) is 0 Å². The highest BCUT2D eigenvalue weighted by atomic mass is 16.7. The van der Waals surface area contributed by atoms with Crippen LogP contribution in [0.25, 0.3) is 0 Å². The van der Waals surface area contributed by atoms with Crippen LogP contribution in [-0.4, -0.2) is 29.5 Å². The molecule has 2 aromatic carbocycles. The first kappa shape index (κ1) is 20.4. The van der Waals surface area contributed by atoms with Crippen LogP contribution in [0.2, 0.25) is 0 Å². The van der Waals surface area contributed by atoms with Crippen LogP contribution >= 0.6 is 0 Å². The molecule has 1 heterocycles. The predicted octanol–water partition coefficient (Wildman–Crippen LogP) is 4.86. The lowest BCUT2D eigenvalue weighted by atomic mass is 9.90. The molecule has 2 aromatic rings. The van der Waals surface area contributed by atoms with Crippen molar-refractivity contribution in [1.29, 1.82) is 0 Å². The van der Waals surface area contributed by atoms with E-state index in [1.807, 2.05) is 24.2 Å². The fourth-order valence-electron chi connectivity index (χ4n) is 2.97. The van der Waals surface area contributed by atoms with Gasteiger partial charge in [-0.1, -0.05) is 66.6 Å². The first-order valence-corrected chi connectivity index (χ1v) is 9.75. The van der Waals surface area contributed by atoms with Gasteiger partial charge in [-0.25, -0.2) is 0 Å². The van der Waals surface area contributed by atoms with Crippen molar-refractivity contribution in [1.82, 2.24) is 5.01 Å². The summed E-state index contributed by atoms with van der Waals surface area (Å²) < 4.78 is 12.0. The van der Waals surface area contributed by atoms with Crippen LogP contribution < -0.4 is 0 Å². The molecule has 0 spiro atoms. The summed E-state index contributed by atoms with van der Waals surface area (Å²) in [5.41, 5.74) is 1.80. The van der Waals surface area contributed by atoms with E-state index in [1.165, 1.54) is 11.1 Å². The molecule has 146 valence electrons. The first-order valence-electron chi connectivity index (χ1n) is 9.75. The van der Waals surface area contributed by atoms with E-state index in [9.17, 15) is 0 Å². The lowest BCUT2D eigenvalue weighted by Gasteiger charge is -2.32. The number of rotatable bonds is 7. The number of hydrogen-bond acceptors (Lipinski definition) is 4. The highest BCUT2D eigenvalue weighted by Gasteiger charge is 2.49. The Labute approximate surface area is 169 Å². The summed E-state index contributed by atoms with van der Waals surface area (Å²) in [5, 5.41) is 6.71. The second kappa shape index (κ2) is 8.76. The van der Waals surface area contributed by atoms with E-state index in [0.717, 1.165) is 13.1 Å². The van der Waals surface area contributed by atoms with Crippen LogP contribution in [0.3, 0.4) is 0 Å². The zero-order valence-corrected chi connectivity index (χ0v) is 17.2. The molecule has 0 aromatic heterocycles. The second-order valence-corrected chi connectivity index (χ2v) is 8.07. The minimum absolute atomic E-state index is 0.328. The predicted molar refractivity (Wildman–Crippen MR) is 116 cm³/mol. The minimum Gasteiger partial charge on any atom is -0.400 e. The van der Waals surface area contributed by atoms with Crippen LogP contribution in [0.1, 0.15) is 38.8 Å². The van der Waals surface area contributed by atoms with Crippen molar-refractivity contribution in [3.63, 3.8) is 0 Å². The fraction of sp³-hybridized carbons (Fsp3) is 0.348. The molecule has 28 heavy (non-hydrogen) atoms. The van der Waals surface area contributed by atoms with Crippen LogP contribution in [-0.2, 0) is 22.4 Å². The lowest BCUT2D eigenvalue weighted by molar-refractivity contribution is 0.00578. The van der Waals surface area contributed by atoms with Gasteiger partial charge in [-0.3, -0.25) is 5.01 Å². The number of allylic oxidation sites excluding steroid dienone is 1. The number of nitrogens with zero attached hydrogens (tertiary/aromatic N) is 2. The van der Waals surface area contributed by atoms with Gasteiger partial charge in [-0.05, 0) is 44.9 Å². The van der Waals surface area contributed by atoms with Crippen molar-refractivity contribution in [3.8, 4) is 0 Å². The summed E-state index contributed by atoms with van der Waals surface area (Å²) in [6.07, 6.45) is 3.70. The largest absolute Gasteiger partial charge is 0.487 e. The second-order valence-electron chi connectivity index (χ2n) is 8.07. The molecule has 4 nitrogen and oxygen atoms in total. The smallest absolute Gasteiger partial charge is 0.400 e. The number of hydrogen-bond donors (Lipinski definition) is 0. The Balaban J connectivity index is 1.65. The van der Waals surface area contributed by atoms with E-state index in [4.69, 9.17) is 9.31 Å². The SMILES string of the molecule is CC1(C)OB(/C=C/C=N/N(Cc2ccccc2)Cc2ccccc2)OC1(C)C. The van der Waals surface area contributed by atoms with Crippen molar-refractivity contribution >= 4 is 13.3 Å². The Bertz CT molecular complexity index is 746. The molecule has 0 bridgehead atoms. The average molecular weight is 376 g/mol. The van der Waals surface area contributed by atoms with E-state index in [1.54, 1.807) is 6.21 Å². The minimum atomic E-state index is -0.354. The highest BCUT2D eigenvalue weighted by molar-refractivity contribution is 6.52. The summed E-state index contributed by atoms with van der Waals surface area (Å²) in [7, 11) is -0.354. The van der Waals surface area contributed by atoms with Crippen LogP contribution in [0.5, 0.6) is 0 Å². The molecule has 1 saturated heterocycles. The standard InChI is InChI=1S/C23H29BN2O2/c1-22(2)23(3,4)28-24(27-22)16-11-17-25-26(18-20-12-7-5-8-13-20)19-21-14-9-6-10-15-21/h5-17H,18-19H2,1-4H3/b16-11+,25-17+. The van der Waals surface area contributed by atoms with Gasteiger partial charge in [0, 0.05) is 6.21 Å². The zero-order chi connectivity index (χ0) is 20.0. The van der Waals surface area contributed by atoms with Crippen molar-refractivity contribution in [2.75, 3.05) is 0 Å². The molecule has 0 radical (unpaired) electrons. The molecular formula is C23H29BN2O2. The third-order valence-corrected chi connectivity index (χ3v) is 5.27. The van der Waals surface area contributed by atoms with Gasteiger partial charge in [0.05, 0.1) is 24.3 Å². The average Bonchev–Trinajstić information content (AvgIpc) is 2.87. The van der Waals surface area contributed by atoms with E-state index < -0.39 is 0 Å². The molecule has 0 amide bonds. The fourth-order valence-corrected chi connectivity index (χ4v) is 2.97. The van der Waals surface area contributed by atoms with E-state index in [0.29, 0.717) is 0 Å². The molecule has 3 rings (SSSR count). The Hall–Kier alpha value is -2.37. The summed E-state index contributed by atoms with van der Waals surface area (Å²) in [6.45, 7) is 9.70. The lowest BCUT2D eigenvalue weighted by Crippen LogP contribution is -2.41. The van der Waals surface area contributed by atoms with E-state index in [-0.39, 0.29) is 18.3 Å². The van der Waals surface area contributed by atoms with Gasteiger partial charge in [0.15, 0.2) is 0 Å². The van der Waals surface area contributed by atoms with Crippen molar-refractivity contribution in [2.24, 2.45) is 5.10 Å². The molecular weight excluding hydrogens is 347 g/mol. The van der Waals surface area contributed by atoms with Gasteiger partial charge >= 0.3 is 7.12 Å². The molecule has 0 aliphatic carbocycles. The van der Waals surface area contributed by atoms with Crippen molar-refractivity contribution in [2.45, 2.75) is 52.0 Å². The first-order chi connectivity index (χ1) is 13.4. The van der Waals surface area contributed by atoms with E-state index >= 15 is 0 Å². The summed E-state index contributed by atoms with van der Waals surface area (Å²) in [4.78, 5) is 0. The van der Waals surface area contributed by atoms with Gasteiger partial charge in [0.2, 0.25) is 0 Å². The van der Waals surface area contributed by atoms with Crippen LogP contribution in [0.15, 0.2) is 77.8 Å². The Morgan fingerprint density at radius 3 is 1.75 bits per heavy atom. The third-order valence-electron chi connectivity index (χ3n) is 5.27. The van der Waals surface area contributed by atoms with Gasteiger partial charge in [0.25, 0.3) is 0 Å². The number of benzene rings is 2. The Kier molecular flexibility index (Phi) is 6.37. The third kappa shape index (κ3) is 5.34. The normalized spacial score (nSPS) is 18.2. The highest BCUT2D eigenvalue weighted by Crippen LogP contribution is 2.36. The zero-order valence-electron chi connectivity index (χ0n) is 17.2. The van der Waals surface area contributed by atoms with Gasteiger partial charge < -0.3 is 9.31 Å². The molecule has 0 N–H and O–H groups in total. The molecule has 5 heteroatoms. The van der Waals surface area contributed by atoms with Crippen LogP contribution in [0.4, 0.5) is 0 Å². The molecule has 1 aliphatic heterocycles. The molecule has 1 fully saturated rings.